The Balaban J connectivity index is 0.000000473. The van der Waals surface area contributed by atoms with Crippen molar-refractivity contribution in [2.24, 2.45) is 0 Å². The number of carbonyl (C=O) groups is 1. The molecular formula is C24H28NO3PS. The second-order valence-corrected chi connectivity index (χ2v) is 8.50. The van der Waals surface area contributed by atoms with Gasteiger partial charge in [-0.25, -0.2) is 0 Å². The lowest BCUT2D eigenvalue weighted by atomic mass is 9.97. The lowest BCUT2D eigenvalue weighted by Crippen LogP contribution is -2.23. The van der Waals surface area contributed by atoms with E-state index < -0.39 is 0 Å². The quantitative estimate of drug-likeness (QED) is 0.441. The number of rotatable bonds is 3. The van der Waals surface area contributed by atoms with E-state index in [1.807, 2.05) is 29.1 Å². The zero-order valence-corrected chi connectivity index (χ0v) is 19.3. The molecule has 1 N–H and O–H groups in total. The van der Waals surface area contributed by atoms with Gasteiger partial charge in [-0.05, 0) is 59.6 Å². The van der Waals surface area contributed by atoms with E-state index in [2.05, 4.69) is 58.6 Å². The Morgan fingerprint density at radius 3 is 2.47 bits per heavy atom. The van der Waals surface area contributed by atoms with E-state index in [-0.39, 0.29) is 12.0 Å². The van der Waals surface area contributed by atoms with Gasteiger partial charge in [-0.3, -0.25) is 14.2 Å². The van der Waals surface area contributed by atoms with Crippen molar-refractivity contribution in [3.8, 4) is 0 Å². The molecule has 0 amide bonds. The van der Waals surface area contributed by atoms with Crippen LogP contribution in [-0.4, -0.2) is 28.6 Å². The molecule has 2 atom stereocenters. The molecule has 1 saturated carbocycles. The van der Waals surface area contributed by atoms with Crippen LogP contribution in [-0.2, 0) is 11.2 Å². The molecule has 1 aromatic heterocycles. The van der Waals surface area contributed by atoms with Crippen molar-refractivity contribution in [3.05, 3.63) is 75.6 Å². The molecule has 4 nitrogen and oxygen atoms in total. The second kappa shape index (κ2) is 10.3. The molecule has 2 aliphatic rings. The van der Waals surface area contributed by atoms with Crippen molar-refractivity contribution in [2.75, 3.05) is 12.4 Å². The molecule has 5 rings (SSSR count). The van der Waals surface area contributed by atoms with Crippen molar-refractivity contribution in [1.29, 1.82) is 0 Å². The molecule has 2 aromatic carbocycles. The molecule has 30 heavy (non-hydrogen) atoms. The van der Waals surface area contributed by atoms with Crippen molar-refractivity contribution in [3.63, 3.8) is 0 Å². The summed E-state index contributed by atoms with van der Waals surface area (Å²) in [7, 11) is 2.42. The Bertz CT molecular complexity index is 1090. The van der Waals surface area contributed by atoms with Gasteiger partial charge in [-0.2, -0.15) is 0 Å². The van der Waals surface area contributed by atoms with Crippen LogP contribution < -0.4 is 5.56 Å². The number of pyridine rings is 1. The maximum Gasteiger partial charge on any atom is 0.290 e. The fourth-order valence-corrected chi connectivity index (χ4v) is 5.44. The summed E-state index contributed by atoms with van der Waals surface area (Å²) < 4.78 is 2.03. The van der Waals surface area contributed by atoms with Crippen LogP contribution in [0.15, 0.2) is 58.4 Å². The lowest BCUT2D eigenvalue weighted by molar-refractivity contribution is -0.122. The predicted molar refractivity (Wildman–Crippen MR) is 129 cm³/mol. The molecule has 158 valence electrons. The third-order valence-corrected chi connectivity index (χ3v) is 6.77. The van der Waals surface area contributed by atoms with Crippen LogP contribution >= 0.6 is 21.0 Å². The summed E-state index contributed by atoms with van der Waals surface area (Å²) in [6.45, 7) is 3.82. The minimum absolute atomic E-state index is 0.174. The van der Waals surface area contributed by atoms with Gasteiger partial charge in [0.05, 0.1) is 5.03 Å². The Morgan fingerprint density at radius 2 is 1.80 bits per heavy atom. The third-order valence-electron chi connectivity index (χ3n) is 5.43. The Kier molecular flexibility index (Phi) is 7.74. The van der Waals surface area contributed by atoms with Crippen LogP contribution in [0.3, 0.4) is 0 Å². The highest BCUT2D eigenvalue weighted by Gasteiger charge is 2.34. The molecule has 2 heterocycles. The number of benzene rings is 2. The van der Waals surface area contributed by atoms with Gasteiger partial charge in [0.15, 0.2) is 0 Å². The second-order valence-electron chi connectivity index (χ2n) is 7.49. The van der Waals surface area contributed by atoms with Gasteiger partial charge in [0.2, 0.25) is 0 Å². The highest BCUT2D eigenvalue weighted by molar-refractivity contribution is 7.99. The molecule has 0 radical (unpaired) electrons. The first-order chi connectivity index (χ1) is 14.6. The Morgan fingerprint density at radius 1 is 1.13 bits per heavy atom. The Labute approximate surface area is 183 Å². The minimum Gasteiger partial charge on any atom is -0.483 e. The number of hydrogen-bond donors (Lipinski definition) is 1. The number of hydrogen-bond acceptors (Lipinski definition) is 3. The van der Waals surface area contributed by atoms with Gasteiger partial charge < -0.3 is 5.11 Å². The fraction of sp³-hybridized carbons (Fsp3) is 0.333. The number of thioether (sulfide) groups is 1. The van der Waals surface area contributed by atoms with Gasteiger partial charge in [0.25, 0.3) is 12.0 Å². The van der Waals surface area contributed by atoms with Crippen LogP contribution in [0.2, 0.25) is 0 Å². The first-order valence-electron chi connectivity index (χ1n) is 10.2. The van der Waals surface area contributed by atoms with Gasteiger partial charge in [0.1, 0.15) is 0 Å². The van der Waals surface area contributed by atoms with E-state index in [4.69, 9.17) is 9.90 Å². The number of carboxylic acid groups (broad SMARTS) is 1. The molecule has 1 aliphatic carbocycles. The van der Waals surface area contributed by atoms with E-state index in [0.717, 1.165) is 12.2 Å². The summed E-state index contributed by atoms with van der Waals surface area (Å²) in [5.74, 6) is 1.68. The van der Waals surface area contributed by atoms with Crippen LogP contribution in [0.1, 0.15) is 48.4 Å². The molecule has 1 fully saturated rings. The molecule has 0 spiro atoms. The smallest absolute Gasteiger partial charge is 0.290 e. The number of fused-ring (bicyclic) bond motifs is 2. The van der Waals surface area contributed by atoms with Crippen LogP contribution in [0.25, 0.3) is 10.8 Å². The largest absolute Gasteiger partial charge is 0.483 e. The van der Waals surface area contributed by atoms with Crippen molar-refractivity contribution < 1.29 is 9.90 Å². The lowest BCUT2D eigenvalue weighted by Gasteiger charge is -2.16. The zero-order chi connectivity index (χ0) is 21.7. The van der Waals surface area contributed by atoms with Crippen molar-refractivity contribution >= 4 is 38.2 Å². The van der Waals surface area contributed by atoms with Crippen molar-refractivity contribution in [1.82, 2.24) is 4.57 Å². The minimum atomic E-state index is -0.250. The van der Waals surface area contributed by atoms with E-state index in [1.54, 1.807) is 0 Å². The van der Waals surface area contributed by atoms with Gasteiger partial charge in [-0.15, -0.1) is 21.0 Å². The summed E-state index contributed by atoms with van der Waals surface area (Å²) in [6.07, 6.45) is 3.39. The Hall–Kier alpha value is -2.10. The van der Waals surface area contributed by atoms with Crippen LogP contribution in [0.5, 0.6) is 0 Å². The maximum atomic E-state index is 12.7. The average Bonchev–Trinajstić information content (AvgIpc) is 3.51. The molecule has 0 saturated heterocycles. The highest BCUT2D eigenvalue weighted by Crippen LogP contribution is 2.48. The van der Waals surface area contributed by atoms with Gasteiger partial charge in [0, 0.05) is 17.9 Å². The summed E-state index contributed by atoms with van der Waals surface area (Å²) >= 11 is 1.88. The summed E-state index contributed by atoms with van der Waals surface area (Å²) in [6, 6.07) is 17.4. The first-order valence-corrected chi connectivity index (χ1v) is 12.3. The van der Waals surface area contributed by atoms with Crippen molar-refractivity contribution in [2.45, 2.75) is 43.2 Å². The highest BCUT2D eigenvalue weighted by atomic mass is 32.2. The van der Waals surface area contributed by atoms with E-state index in [9.17, 15) is 4.79 Å². The van der Waals surface area contributed by atoms with Gasteiger partial charge in [-0.1, -0.05) is 49.1 Å². The van der Waals surface area contributed by atoms with Crippen LogP contribution in [0.4, 0.5) is 0 Å². The zero-order valence-electron chi connectivity index (χ0n) is 17.4. The molecule has 0 bridgehead atoms. The third kappa shape index (κ3) is 4.79. The van der Waals surface area contributed by atoms with Gasteiger partial charge >= 0.3 is 0 Å². The van der Waals surface area contributed by atoms with E-state index >= 15 is 0 Å². The normalized spacial score (nSPS) is 16.7. The molecule has 1 aliphatic heterocycles. The number of aromatic nitrogens is 1. The average molecular weight is 442 g/mol. The van der Waals surface area contributed by atoms with E-state index in [0.29, 0.717) is 12.0 Å². The molecule has 3 aromatic rings. The monoisotopic (exact) mass is 441 g/mol. The first kappa shape index (κ1) is 22.6. The topological polar surface area (TPSA) is 59.3 Å². The number of nitrogens with zero attached hydrogens (tertiary/aromatic N) is 1. The summed E-state index contributed by atoms with van der Waals surface area (Å²) in [5.41, 5.74) is 4.17. The SMILES string of the molecule is CC1CSc2c(C3CC3)c(Cc3ccc4ccccc4c3)cc(=O)n21.CP.O=CO. The predicted octanol–water partition coefficient (Wildman–Crippen LogP) is 5.33. The molecule has 6 heteroatoms. The van der Waals surface area contributed by atoms with E-state index in [1.165, 1.54) is 45.3 Å². The maximum absolute atomic E-state index is 12.7. The fourth-order valence-electron chi connectivity index (χ4n) is 4.03. The summed E-state index contributed by atoms with van der Waals surface area (Å²) in [5, 5.41) is 10.7. The molecular weight excluding hydrogens is 413 g/mol. The molecule has 2 unspecified atom stereocenters. The standard InChI is InChI=1S/C22H21NOS.CH2O2.CH5P/c1-14-13-25-22-21(17-8-9-17)19(12-20(24)23(14)22)11-15-6-7-16-4-2-3-5-18(16)10-15;2-1-3;1-2/h2-7,10,12,14,17H,8-9,11,13H2,1H3;1H,(H,2,3);2H2,1H3. The van der Waals surface area contributed by atoms with Crippen LogP contribution in [0, 0.1) is 0 Å². The summed E-state index contributed by atoms with van der Waals surface area (Å²) in [4.78, 5) is 21.1.